The topological polar surface area (TPSA) is 76.0 Å². The smallest absolute Gasteiger partial charge is 0.235 e. The van der Waals surface area contributed by atoms with E-state index in [1.165, 1.54) is 19.2 Å². The molecule has 0 spiro atoms. The summed E-state index contributed by atoms with van der Waals surface area (Å²) in [6.07, 6.45) is 5.49. The third-order valence-electron chi connectivity index (χ3n) is 3.67. The number of carbonyl (C=O) groups is 1. The van der Waals surface area contributed by atoms with E-state index >= 15 is 0 Å². The van der Waals surface area contributed by atoms with Crippen LogP contribution in [-0.4, -0.2) is 24.6 Å². The molecule has 0 amide bonds. The molecule has 5 nitrogen and oxygen atoms in total. The maximum absolute atomic E-state index is 11.2. The van der Waals surface area contributed by atoms with E-state index in [1.54, 1.807) is 6.08 Å². The summed E-state index contributed by atoms with van der Waals surface area (Å²) in [5.74, 6) is 0.171. The van der Waals surface area contributed by atoms with Crippen molar-refractivity contribution in [3.8, 4) is 11.5 Å². The second-order valence-electron chi connectivity index (χ2n) is 4.67. The third-order valence-corrected chi connectivity index (χ3v) is 3.67. The van der Waals surface area contributed by atoms with Crippen LogP contribution in [0.25, 0.3) is 0 Å². The number of phenolic OH excluding ortho intramolecular Hbond substituents is 1. The summed E-state index contributed by atoms with van der Waals surface area (Å²) in [6, 6.07) is 2.94. The molecule has 0 radical (unpaired) electrons. The molecular weight excluding hydrogens is 246 g/mol. The van der Waals surface area contributed by atoms with Gasteiger partial charge in [0.1, 0.15) is 0 Å². The molecule has 0 atom stereocenters. The number of rotatable bonds is 4. The Balaban J connectivity index is 2.62. The van der Waals surface area contributed by atoms with Crippen LogP contribution in [0.4, 0.5) is 0 Å². The molecule has 1 fully saturated rings. The molecule has 0 saturated heterocycles. The van der Waals surface area contributed by atoms with Gasteiger partial charge in [-0.1, -0.05) is 12.8 Å². The zero-order chi connectivity index (χ0) is 13.9. The van der Waals surface area contributed by atoms with Gasteiger partial charge < -0.3 is 9.84 Å². The number of isocyanates is 1. The first-order chi connectivity index (χ1) is 9.16. The average Bonchev–Trinajstić information content (AvgIpc) is 2.88. The van der Waals surface area contributed by atoms with Crippen molar-refractivity contribution in [2.24, 2.45) is 4.99 Å². The van der Waals surface area contributed by atoms with Gasteiger partial charge in [0.25, 0.3) is 0 Å². The average molecular weight is 261 g/mol. The predicted octanol–water partition coefficient (Wildman–Crippen LogP) is 2.32. The zero-order valence-corrected chi connectivity index (χ0v) is 10.7. The molecule has 5 heteroatoms. The molecule has 19 heavy (non-hydrogen) atoms. The van der Waals surface area contributed by atoms with E-state index in [0.717, 1.165) is 12.8 Å². The van der Waals surface area contributed by atoms with Crippen LogP contribution in [0.1, 0.15) is 41.6 Å². The molecule has 1 saturated carbocycles. The fraction of sp³-hybridized carbons (Fsp3) is 0.429. The highest BCUT2D eigenvalue weighted by Gasteiger charge is 2.38. The number of hydrogen-bond donors (Lipinski definition) is 1. The standard InChI is InChI=1S/C14H15NO4/c1-19-13-6-10(8-16)11(7-12(13)18)14(15-9-17)4-2-3-5-14/h6-8,18H,2-5H2,1H3. The van der Waals surface area contributed by atoms with Crippen LogP contribution in [0.2, 0.25) is 0 Å². The summed E-state index contributed by atoms with van der Waals surface area (Å²) in [5.41, 5.74) is 0.221. The summed E-state index contributed by atoms with van der Waals surface area (Å²) in [4.78, 5) is 25.8. The molecule has 1 N–H and O–H groups in total. The Kier molecular flexibility index (Phi) is 3.67. The number of phenols is 1. The normalized spacial score (nSPS) is 16.7. The Labute approximate surface area is 110 Å². The summed E-state index contributed by atoms with van der Waals surface area (Å²) < 4.78 is 4.98. The van der Waals surface area contributed by atoms with Crippen molar-refractivity contribution in [3.05, 3.63) is 23.3 Å². The first kappa shape index (κ1) is 13.3. The number of benzene rings is 1. The number of aromatic hydroxyl groups is 1. The molecule has 0 heterocycles. The van der Waals surface area contributed by atoms with Gasteiger partial charge in [0.15, 0.2) is 17.8 Å². The lowest BCUT2D eigenvalue weighted by atomic mass is 9.85. The second kappa shape index (κ2) is 5.24. The first-order valence-corrected chi connectivity index (χ1v) is 6.12. The predicted molar refractivity (Wildman–Crippen MR) is 68.3 cm³/mol. The SMILES string of the molecule is COc1cc(C=O)c(C2(N=C=O)CCCC2)cc1O. The molecule has 0 unspecified atom stereocenters. The number of aldehydes is 1. The van der Waals surface area contributed by atoms with Crippen LogP contribution in [0, 0.1) is 0 Å². The van der Waals surface area contributed by atoms with E-state index in [0.29, 0.717) is 30.3 Å². The van der Waals surface area contributed by atoms with Gasteiger partial charge in [-0.25, -0.2) is 4.79 Å². The minimum Gasteiger partial charge on any atom is -0.504 e. The highest BCUT2D eigenvalue weighted by atomic mass is 16.5. The highest BCUT2D eigenvalue weighted by molar-refractivity contribution is 5.80. The van der Waals surface area contributed by atoms with Crippen LogP contribution in [0.15, 0.2) is 17.1 Å². The first-order valence-electron chi connectivity index (χ1n) is 6.12. The molecular formula is C14H15NO4. The number of aliphatic imine (C=N–C) groups is 1. The molecule has 0 aliphatic heterocycles. The fourth-order valence-electron chi connectivity index (χ4n) is 2.74. The van der Waals surface area contributed by atoms with Crippen molar-refractivity contribution in [1.29, 1.82) is 0 Å². The maximum Gasteiger partial charge on any atom is 0.235 e. The van der Waals surface area contributed by atoms with Crippen molar-refractivity contribution in [3.63, 3.8) is 0 Å². The molecule has 100 valence electrons. The minimum atomic E-state index is -0.734. The maximum atomic E-state index is 11.2. The monoisotopic (exact) mass is 261 g/mol. The summed E-state index contributed by atoms with van der Waals surface area (Å²) in [6.45, 7) is 0. The van der Waals surface area contributed by atoms with E-state index in [4.69, 9.17) is 4.74 Å². The van der Waals surface area contributed by atoms with Crippen molar-refractivity contribution < 1.29 is 19.4 Å². The highest BCUT2D eigenvalue weighted by Crippen LogP contribution is 2.45. The van der Waals surface area contributed by atoms with E-state index in [9.17, 15) is 14.7 Å². The Morgan fingerprint density at radius 3 is 2.63 bits per heavy atom. The van der Waals surface area contributed by atoms with Crippen LogP contribution < -0.4 is 4.74 Å². The molecule has 0 aromatic heterocycles. The van der Waals surface area contributed by atoms with Crippen molar-refractivity contribution in [2.75, 3.05) is 7.11 Å². The minimum absolute atomic E-state index is 0.0597. The lowest BCUT2D eigenvalue weighted by Gasteiger charge is -2.25. The van der Waals surface area contributed by atoms with Crippen molar-refractivity contribution in [1.82, 2.24) is 0 Å². The Hall–Kier alpha value is -2.13. The van der Waals surface area contributed by atoms with E-state index in [1.807, 2.05) is 0 Å². The number of ether oxygens (including phenoxy) is 1. The number of hydrogen-bond acceptors (Lipinski definition) is 5. The van der Waals surface area contributed by atoms with Crippen LogP contribution >= 0.6 is 0 Å². The third kappa shape index (κ3) is 2.25. The van der Waals surface area contributed by atoms with Gasteiger partial charge in [-0.3, -0.25) is 4.79 Å². The Morgan fingerprint density at radius 2 is 2.11 bits per heavy atom. The lowest BCUT2D eigenvalue weighted by Crippen LogP contribution is -2.21. The van der Waals surface area contributed by atoms with Gasteiger partial charge in [-0.05, 0) is 30.5 Å². The summed E-state index contributed by atoms with van der Waals surface area (Å²) in [7, 11) is 1.41. The summed E-state index contributed by atoms with van der Waals surface area (Å²) >= 11 is 0. The molecule has 1 aromatic rings. The zero-order valence-electron chi connectivity index (χ0n) is 10.7. The summed E-state index contributed by atoms with van der Waals surface area (Å²) in [5, 5.41) is 9.87. The van der Waals surface area contributed by atoms with Gasteiger partial charge in [-0.2, -0.15) is 4.99 Å². The molecule has 1 aliphatic carbocycles. The molecule has 1 aliphatic rings. The van der Waals surface area contributed by atoms with E-state index < -0.39 is 5.54 Å². The van der Waals surface area contributed by atoms with Crippen LogP contribution in [0.3, 0.4) is 0 Å². The molecule has 0 bridgehead atoms. The largest absolute Gasteiger partial charge is 0.504 e. The molecule has 2 rings (SSSR count). The number of carbonyl (C=O) groups excluding carboxylic acids is 2. The number of methoxy groups -OCH3 is 1. The van der Waals surface area contributed by atoms with Crippen molar-refractivity contribution >= 4 is 12.4 Å². The van der Waals surface area contributed by atoms with Gasteiger partial charge in [0, 0.05) is 5.56 Å². The van der Waals surface area contributed by atoms with Crippen LogP contribution in [0.5, 0.6) is 11.5 Å². The van der Waals surface area contributed by atoms with Crippen LogP contribution in [-0.2, 0) is 10.3 Å². The number of nitrogens with zero attached hydrogens (tertiary/aromatic N) is 1. The van der Waals surface area contributed by atoms with Gasteiger partial charge in [0.2, 0.25) is 6.08 Å². The van der Waals surface area contributed by atoms with Gasteiger partial charge >= 0.3 is 0 Å². The Bertz CT molecular complexity index is 541. The Morgan fingerprint density at radius 1 is 1.42 bits per heavy atom. The van der Waals surface area contributed by atoms with Crippen molar-refractivity contribution in [2.45, 2.75) is 31.2 Å². The second-order valence-corrected chi connectivity index (χ2v) is 4.67. The fourth-order valence-corrected chi connectivity index (χ4v) is 2.74. The quantitative estimate of drug-likeness (QED) is 0.512. The molecule has 1 aromatic carbocycles. The van der Waals surface area contributed by atoms with Gasteiger partial charge in [-0.15, -0.1) is 0 Å². The lowest BCUT2D eigenvalue weighted by molar-refractivity contribution is 0.112. The van der Waals surface area contributed by atoms with Gasteiger partial charge in [0.05, 0.1) is 12.6 Å². The van der Waals surface area contributed by atoms with E-state index in [2.05, 4.69) is 4.99 Å². The van der Waals surface area contributed by atoms with E-state index in [-0.39, 0.29) is 11.5 Å².